The Morgan fingerprint density at radius 3 is 2.74 bits per heavy atom. The lowest BCUT2D eigenvalue weighted by Gasteiger charge is -2.24. The van der Waals surface area contributed by atoms with Gasteiger partial charge in [-0.25, -0.2) is 4.39 Å². The lowest BCUT2D eigenvalue weighted by molar-refractivity contribution is -0.124. The summed E-state index contributed by atoms with van der Waals surface area (Å²) in [5.41, 5.74) is 5.66. The van der Waals surface area contributed by atoms with Crippen LogP contribution in [-0.2, 0) is 4.79 Å². The first kappa shape index (κ1) is 15.8. The van der Waals surface area contributed by atoms with E-state index in [0.717, 1.165) is 12.5 Å². The smallest absolute Gasteiger partial charge is 0.258 e. The van der Waals surface area contributed by atoms with E-state index in [-0.39, 0.29) is 34.0 Å². The fraction of sp³-hybridized carbons (Fsp3) is 0.462. The molecule has 0 aromatic heterocycles. The second-order valence-electron chi connectivity index (χ2n) is 4.88. The first-order chi connectivity index (χ1) is 8.75. The summed E-state index contributed by atoms with van der Waals surface area (Å²) in [6.45, 7) is 5.61. The van der Waals surface area contributed by atoms with Crippen molar-refractivity contribution in [2.45, 2.75) is 32.7 Å². The molecule has 6 heteroatoms. The van der Waals surface area contributed by atoms with Gasteiger partial charge in [-0.1, -0.05) is 6.92 Å². The van der Waals surface area contributed by atoms with Gasteiger partial charge in [0.15, 0.2) is 6.61 Å². The van der Waals surface area contributed by atoms with Gasteiger partial charge in [-0.05, 0) is 42.3 Å². The third-order valence-corrected chi connectivity index (χ3v) is 3.38. The zero-order chi connectivity index (χ0) is 14.6. The van der Waals surface area contributed by atoms with Crippen molar-refractivity contribution < 1.29 is 13.9 Å². The molecule has 0 spiro atoms. The van der Waals surface area contributed by atoms with Crippen LogP contribution in [0.1, 0.15) is 27.2 Å². The predicted molar refractivity (Wildman–Crippen MR) is 76.5 cm³/mol. The van der Waals surface area contributed by atoms with E-state index in [0.29, 0.717) is 0 Å². The molecule has 0 heterocycles. The summed E-state index contributed by atoms with van der Waals surface area (Å²) in [7, 11) is 0. The molecule has 4 nitrogen and oxygen atoms in total. The van der Waals surface area contributed by atoms with Crippen molar-refractivity contribution >= 4 is 27.5 Å². The lowest BCUT2D eigenvalue weighted by Crippen LogP contribution is -2.44. The Balaban J connectivity index is 2.63. The minimum absolute atomic E-state index is 0.158. The van der Waals surface area contributed by atoms with Gasteiger partial charge in [-0.2, -0.15) is 0 Å². The molecule has 1 aromatic carbocycles. The second-order valence-corrected chi connectivity index (χ2v) is 5.73. The van der Waals surface area contributed by atoms with Gasteiger partial charge in [0.2, 0.25) is 0 Å². The lowest BCUT2D eigenvalue weighted by atomic mass is 10.0. The molecule has 0 aliphatic heterocycles. The van der Waals surface area contributed by atoms with Gasteiger partial charge >= 0.3 is 0 Å². The summed E-state index contributed by atoms with van der Waals surface area (Å²) in [6, 6.07) is 2.55. The van der Waals surface area contributed by atoms with Crippen molar-refractivity contribution in [1.82, 2.24) is 5.32 Å². The predicted octanol–water partition coefficient (Wildman–Crippen LogP) is 2.85. The van der Waals surface area contributed by atoms with E-state index >= 15 is 0 Å². The first-order valence-electron chi connectivity index (χ1n) is 5.93. The number of carbonyl (C=O) groups is 1. The largest absolute Gasteiger partial charge is 0.482 e. The van der Waals surface area contributed by atoms with Crippen LogP contribution < -0.4 is 15.8 Å². The van der Waals surface area contributed by atoms with E-state index in [1.165, 1.54) is 6.07 Å². The molecule has 0 fully saturated rings. The quantitative estimate of drug-likeness (QED) is 0.815. The Labute approximate surface area is 120 Å². The average molecular weight is 333 g/mol. The maximum absolute atomic E-state index is 13.3. The summed E-state index contributed by atoms with van der Waals surface area (Å²) < 4.78 is 18.8. The van der Waals surface area contributed by atoms with Crippen molar-refractivity contribution in [2.24, 2.45) is 0 Å². The highest BCUT2D eigenvalue weighted by molar-refractivity contribution is 9.10. The van der Waals surface area contributed by atoms with Crippen LogP contribution in [0.5, 0.6) is 5.75 Å². The van der Waals surface area contributed by atoms with Crippen LogP contribution in [0.15, 0.2) is 16.6 Å². The summed E-state index contributed by atoms with van der Waals surface area (Å²) in [5, 5.41) is 2.81. The van der Waals surface area contributed by atoms with Gasteiger partial charge in [0, 0.05) is 11.6 Å². The molecule has 0 aliphatic carbocycles. The Bertz CT molecular complexity index is 478. The zero-order valence-corrected chi connectivity index (χ0v) is 12.8. The zero-order valence-electron chi connectivity index (χ0n) is 11.2. The number of anilines is 1. The van der Waals surface area contributed by atoms with Crippen molar-refractivity contribution in [3.8, 4) is 5.75 Å². The molecule has 0 radical (unpaired) electrons. The molecule has 1 rings (SSSR count). The Morgan fingerprint density at radius 2 is 2.16 bits per heavy atom. The molecule has 0 saturated carbocycles. The second kappa shape index (κ2) is 6.23. The molecule has 19 heavy (non-hydrogen) atoms. The molecule has 0 bridgehead atoms. The molecule has 0 unspecified atom stereocenters. The standard InChI is InChI=1S/C13H18BrFN2O2/c1-4-13(2,3)17-12(18)7-19-11-6-9(15)8(14)5-10(11)16/h5-6H,4,7,16H2,1-3H3,(H,17,18). The van der Waals surface area contributed by atoms with Crippen LogP contribution in [0.2, 0.25) is 0 Å². The maximum Gasteiger partial charge on any atom is 0.258 e. The van der Waals surface area contributed by atoms with Crippen LogP contribution >= 0.6 is 15.9 Å². The summed E-state index contributed by atoms with van der Waals surface area (Å²) in [5.74, 6) is -0.599. The average Bonchev–Trinajstić information content (AvgIpc) is 2.31. The van der Waals surface area contributed by atoms with Crippen molar-refractivity contribution in [1.29, 1.82) is 0 Å². The van der Waals surface area contributed by atoms with Crippen LogP contribution in [0.4, 0.5) is 10.1 Å². The number of halogens is 2. The fourth-order valence-corrected chi connectivity index (χ4v) is 1.68. The Hall–Kier alpha value is -1.30. The molecular formula is C13H18BrFN2O2. The van der Waals surface area contributed by atoms with Crippen LogP contribution in [0, 0.1) is 5.82 Å². The van der Waals surface area contributed by atoms with E-state index in [2.05, 4.69) is 21.2 Å². The summed E-state index contributed by atoms with van der Waals surface area (Å²) >= 11 is 3.02. The minimum atomic E-state index is -0.488. The maximum atomic E-state index is 13.3. The number of nitrogen functional groups attached to an aromatic ring is 1. The molecular weight excluding hydrogens is 315 g/mol. The third-order valence-electron chi connectivity index (χ3n) is 2.77. The van der Waals surface area contributed by atoms with E-state index in [1.54, 1.807) is 0 Å². The fourth-order valence-electron chi connectivity index (χ4n) is 1.31. The summed E-state index contributed by atoms with van der Waals surface area (Å²) in [6.07, 6.45) is 0.799. The van der Waals surface area contributed by atoms with Gasteiger partial charge < -0.3 is 15.8 Å². The number of ether oxygens (including phenoxy) is 1. The topological polar surface area (TPSA) is 64.3 Å². The number of nitrogens with two attached hydrogens (primary N) is 1. The number of amides is 1. The highest BCUT2D eigenvalue weighted by Gasteiger charge is 2.18. The van der Waals surface area contributed by atoms with Crippen molar-refractivity contribution in [2.75, 3.05) is 12.3 Å². The van der Waals surface area contributed by atoms with Crippen molar-refractivity contribution in [3.05, 3.63) is 22.4 Å². The molecule has 0 saturated heterocycles. The van der Waals surface area contributed by atoms with E-state index in [1.807, 2.05) is 20.8 Å². The molecule has 106 valence electrons. The number of carbonyl (C=O) groups excluding carboxylic acids is 1. The van der Waals surface area contributed by atoms with Gasteiger partial charge in [-0.15, -0.1) is 0 Å². The van der Waals surface area contributed by atoms with Crippen LogP contribution in [-0.4, -0.2) is 18.1 Å². The Morgan fingerprint density at radius 1 is 1.53 bits per heavy atom. The molecule has 0 aliphatic rings. The van der Waals surface area contributed by atoms with Crippen LogP contribution in [0.25, 0.3) is 0 Å². The van der Waals surface area contributed by atoms with Crippen LogP contribution in [0.3, 0.4) is 0 Å². The number of nitrogens with one attached hydrogen (secondary N) is 1. The number of hydrogen-bond acceptors (Lipinski definition) is 3. The number of hydrogen-bond donors (Lipinski definition) is 2. The van der Waals surface area contributed by atoms with Gasteiger partial charge in [0.05, 0.1) is 10.2 Å². The highest BCUT2D eigenvalue weighted by Crippen LogP contribution is 2.28. The molecule has 1 amide bonds. The number of rotatable bonds is 5. The number of benzene rings is 1. The molecule has 0 atom stereocenters. The monoisotopic (exact) mass is 332 g/mol. The van der Waals surface area contributed by atoms with E-state index < -0.39 is 5.82 Å². The molecule has 1 aromatic rings. The minimum Gasteiger partial charge on any atom is -0.482 e. The normalized spacial score (nSPS) is 11.2. The van der Waals surface area contributed by atoms with Gasteiger partial charge in [0.25, 0.3) is 5.91 Å². The van der Waals surface area contributed by atoms with Gasteiger partial charge in [-0.3, -0.25) is 4.79 Å². The van der Waals surface area contributed by atoms with Gasteiger partial charge in [0.1, 0.15) is 11.6 Å². The first-order valence-corrected chi connectivity index (χ1v) is 6.73. The molecule has 3 N–H and O–H groups in total. The summed E-state index contributed by atoms with van der Waals surface area (Å²) in [4.78, 5) is 11.7. The SMILES string of the molecule is CCC(C)(C)NC(=O)COc1cc(F)c(Br)cc1N. The Kier molecular flexibility index (Phi) is 5.17. The highest BCUT2D eigenvalue weighted by atomic mass is 79.9. The van der Waals surface area contributed by atoms with E-state index in [4.69, 9.17) is 10.5 Å². The van der Waals surface area contributed by atoms with Crippen molar-refractivity contribution in [3.63, 3.8) is 0 Å². The third kappa shape index (κ3) is 4.70. The van der Waals surface area contributed by atoms with E-state index in [9.17, 15) is 9.18 Å².